The minimum atomic E-state index is 0.620. The first-order valence-corrected chi connectivity index (χ1v) is 6.37. The van der Waals surface area contributed by atoms with Crippen molar-refractivity contribution in [3.8, 4) is 5.88 Å². The van der Waals surface area contributed by atoms with Gasteiger partial charge in [-0.15, -0.1) is 0 Å². The molecule has 1 N–H and O–H groups in total. The van der Waals surface area contributed by atoms with Crippen LogP contribution in [-0.4, -0.2) is 21.9 Å². The quantitative estimate of drug-likeness (QED) is 0.911. The number of hydrogen-bond acceptors (Lipinski definition) is 4. The van der Waals surface area contributed by atoms with Gasteiger partial charge < -0.3 is 10.1 Å². The van der Waals surface area contributed by atoms with E-state index in [0.717, 1.165) is 23.4 Å². The lowest BCUT2D eigenvalue weighted by Crippen LogP contribution is -2.13. The highest BCUT2D eigenvalue weighted by molar-refractivity contribution is 6.30. The fourth-order valence-corrected chi connectivity index (χ4v) is 2.12. The number of rotatable bonds is 5. The number of methoxy groups -OCH3 is 1. The van der Waals surface area contributed by atoms with E-state index in [1.54, 1.807) is 18.0 Å². The van der Waals surface area contributed by atoms with Gasteiger partial charge in [0.25, 0.3) is 0 Å². The Morgan fingerprint density at radius 1 is 1.42 bits per heavy atom. The molecule has 5 nitrogen and oxygen atoms in total. The van der Waals surface area contributed by atoms with Gasteiger partial charge in [-0.1, -0.05) is 11.6 Å². The van der Waals surface area contributed by atoms with Crippen LogP contribution in [-0.2, 0) is 20.1 Å². The zero-order valence-corrected chi connectivity index (χ0v) is 12.0. The van der Waals surface area contributed by atoms with Crippen LogP contribution in [0, 0.1) is 6.92 Å². The fraction of sp³-hybridized carbons (Fsp3) is 0.385. The number of nitrogens with one attached hydrogen (secondary N) is 1. The summed E-state index contributed by atoms with van der Waals surface area (Å²) in [6.07, 6.45) is 1.73. The molecule has 0 radical (unpaired) electrons. The number of pyridine rings is 1. The molecule has 2 aromatic heterocycles. The van der Waals surface area contributed by atoms with Crippen molar-refractivity contribution in [2.24, 2.45) is 7.05 Å². The predicted molar refractivity (Wildman–Crippen MR) is 74.3 cm³/mol. The summed E-state index contributed by atoms with van der Waals surface area (Å²) in [7, 11) is 3.45. The third-order valence-corrected chi connectivity index (χ3v) is 3.38. The first-order chi connectivity index (χ1) is 9.11. The zero-order chi connectivity index (χ0) is 13.8. The maximum atomic E-state index is 6.17. The van der Waals surface area contributed by atoms with E-state index < -0.39 is 0 Å². The smallest absolute Gasteiger partial charge is 0.213 e. The fourth-order valence-electron chi connectivity index (χ4n) is 1.88. The van der Waals surface area contributed by atoms with Crippen molar-refractivity contribution < 1.29 is 4.74 Å². The second kappa shape index (κ2) is 6.04. The topological polar surface area (TPSA) is 52.0 Å². The normalized spacial score (nSPS) is 10.7. The lowest BCUT2D eigenvalue weighted by Gasteiger charge is -2.06. The van der Waals surface area contributed by atoms with Gasteiger partial charge in [0.1, 0.15) is 5.15 Å². The summed E-state index contributed by atoms with van der Waals surface area (Å²) in [5, 5.41) is 8.30. The van der Waals surface area contributed by atoms with E-state index in [2.05, 4.69) is 15.4 Å². The molecule has 0 unspecified atom stereocenters. The second-order valence-corrected chi connectivity index (χ2v) is 4.65. The summed E-state index contributed by atoms with van der Waals surface area (Å²) in [6, 6.07) is 3.86. The van der Waals surface area contributed by atoms with Crippen LogP contribution in [0.25, 0.3) is 0 Å². The molecular formula is C13H17ClN4O. The zero-order valence-electron chi connectivity index (χ0n) is 11.3. The second-order valence-electron chi connectivity index (χ2n) is 4.29. The molecule has 2 aromatic rings. The molecule has 0 bridgehead atoms. The minimum absolute atomic E-state index is 0.620. The molecule has 0 saturated heterocycles. The van der Waals surface area contributed by atoms with E-state index in [9.17, 15) is 0 Å². The number of aryl methyl sites for hydroxylation is 2. The molecule has 19 heavy (non-hydrogen) atoms. The highest BCUT2D eigenvalue weighted by Gasteiger charge is 2.10. The molecule has 6 heteroatoms. The van der Waals surface area contributed by atoms with E-state index in [-0.39, 0.29) is 0 Å². The standard InChI is InChI=1S/C13H17ClN4O/c1-9-11(13(14)18(2)17-9)8-15-7-10-4-5-16-12(6-10)19-3/h4-6,15H,7-8H2,1-3H3. The van der Waals surface area contributed by atoms with Crippen LogP contribution in [0.15, 0.2) is 18.3 Å². The summed E-state index contributed by atoms with van der Waals surface area (Å²) >= 11 is 6.17. The molecule has 0 atom stereocenters. The molecule has 0 aromatic carbocycles. The maximum absolute atomic E-state index is 6.17. The lowest BCUT2D eigenvalue weighted by molar-refractivity contribution is 0.397. The van der Waals surface area contributed by atoms with Gasteiger partial charge in [-0.3, -0.25) is 4.68 Å². The molecule has 0 saturated carbocycles. The third kappa shape index (κ3) is 3.24. The summed E-state index contributed by atoms with van der Waals surface area (Å²) in [5.41, 5.74) is 3.10. The van der Waals surface area contributed by atoms with Gasteiger partial charge in [-0.25, -0.2) is 4.98 Å². The molecule has 2 rings (SSSR count). The highest BCUT2D eigenvalue weighted by atomic mass is 35.5. The van der Waals surface area contributed by atoms with Gasteiger partial charge in [0.05, 0.1) is 12.8 Å². The van der Waals surface area contributed by atoms with Crippen LogP contribution >= 0.6 is 11.6 Å². The van der Waals surface area contributed by atoms with Crippen molar-refractivity contribution in [1.82, 2.24) is 20.1 Å². The first kappa shape index (κ1) is 13.8. The molecular weight excluding hydrogens is 264 g/mol. The molecule has 0 aliphatic carbocycles. The molecule has 2 heterocycles. The van der Waals surface area contributed by atoms with Crippen molar-refractivity contribution in [2.75, 3.05) is 7.11 Å². The molecule has 102 valence electrons. The Hall–Kier alpha value is -1.59. The van der Waals surface area contributed by atoms with Gasteiger partial charge in [0, 0.05) is 38.0 Å². The SMILES string of the molecule is COc1cc(CNCc2c(C)nn(C)c2Cl)ccn1. The van der Waals surface area contributed by atoms with Crippen molar-refractivity contribution in [2.45, 2.75) is 20.0 Å². The van der Waals surface area contributed by atoms with E-state index in [0.29, 0.717) is 17.6 Å². The van der Waals surface area contributed by atoms with Gasteiger partial charge in [0.15, 0.2) is 0 Å². The molecule has 0 aliphatic heterocycles. The molecule has 0 spiro atoms. The third-order valence-electron chi connectivity index (χ3n) is 2.91. The van der Waals surface area contributed by atoms with Crippen LogP contribution in [0.2, 0.25) is 5.15 Å². The highest BCUT2D eigenvalue weighted by Crippen LogP contribution is 2.18. The summed E-state index contributed by atoms with van der Waals surface area (Å²) in [6.45, 7) is 3.37. The Bertz CT molecular complexity index is 568. The minimum Gasteiger partial charge on any atom is -0.481 e. The van der Waals surface area contributed by atoms with E-state index in [1.807, 2.05) is 26.1 Å². The summed E-state index contributed by atoms with van der Waals surface area (Å²) in [4.78, 5) is 4.07. The Kier molecular flexibility index (Phi) is 4.39. The number of hydrogen-bond donors (Lipinski definition) is 1. The van der Waals surface area contributed by atoms with Gasteiger partial charge in [-0.2, -0.15) is 5.10 Å². The average molecular weight is 281 g/mol. The van der Waals surface area contributed by atoms with Gasteiger partial charge in [-0.05, 0) is 18.6 Å². The molecule has 0 aliphatic rings. The van der Waals surface area contributed by atoms with Crippen LogP contribution in [0.5, 0.6) is 5.88 Å². The summed E-state index contributed by atoms with van der Waals surface area (Å²) in [5.74, 6) is 0.620. The number of halogens is 1. The Morgan fingerprint density at radius 2 is 2.21 bits per heavy atom. The van der Waals surface area contributed by atoms with Crippen molar-refractivity contribution in [1.29, 1.82) is 0 Å². The van der Waals surface area contributed by atoms with Crippen LogP contribution in [0.1, 0.15) is 16.8 Å². The monoisotopic (exact) mass is 280 g/mol. The van der Waals surface area contributed by atoms with Gasteiger partial charge >= 0.3 is 0 Å². The molecule has 0 fully saturated rings. The van der Waals surface area contributed by atoms with Crippen molar-refractivity contribution in [3.63, 3.8) is 0 Å². The predicted octanol–water partition coefficient (Wildman–Crippen LogP) is 2.08. The first-order valence-electron chi connectivity index (χ1n) is 5.99. The van der Waals surface area contributed by atoms with Crippen LogP contribution in [0.3, 0.4) is 0 Å². The van der Waals surface area contributed by atoms with Crippen LogP contribution in [0.4, 0.5) is 0 Å². The maximum Gasteiger partial charge on any atom is 0.213 e. The van der Waals surface area contributed by atoms with Crippen molar-refractivity contribution in [3.05, 3.63) is 40.3 Å². The number of ether oxygens (including phenoxy) is 1. The van der Waals surface area contributed by atoms with E-state index in [1.165, 1.54) is 0 Å². The van der Waals surface area contributed by atoms with Crippen LogP contribution < -0.4 is 10.1 Å². The Labute approximate surface area is 117 Å². The van der Waals surface area contributed by atoms with E-state index in [4.69, 9.17) is 16.3 Å². The van der Waals surface area contributed by atoms with E-state index >= 15 is 0 Å². The Balaban J connectivity index is 1.96. The lowest BCUT2D eigenvalue weighted by atomic mass is 10.2. The largest absolute Gasteiger partial charge is 0.481 e. The molecule has 0 amide bonds. The number of aromatic nitrogens is 3. The van der Waals surface area contributed by atoms with Gasteiger partial charge in [0.2, 0.25) is 5.88 Å². The average Bonchev–Trinajstić information content (AvgIpc) is 2.65. The Morgan fingerprint density at radius 3 is 2.84 bits per heavy atom. The number of nitrogens with zero attached hydrogens (tertiary/aromatic N) is 3. The van der Waals surface area contributed by atoms with Crippen molar-refractivity contribution >= 4 is 11.6 Å². The summed E-state index contributed by atoms with van der Waals surface area (Å²) < 4.78 is 6.77.